The third-order valence-corrected chi connectivity index (χ3v) is 8.12. The average Bonchev–Trinajstić information content (AvgIpc) is 2.78. The first kappa shape index (κ1) is 26.5. The fraction of sp³-hybridized carbons (Fsp3) is 0.926. The van der Waals surface area contributed by atoms with E-state index < -0.39 is 0 Å². The number of rotatable bonds is 5. The van der Waals surface area contributed by atoms with Gasteiger partial charge in [0.2, 0.25) is 11.8 Å². The summed E-state index contributed by atoms with van der Waals surface area (Å²) in [6, 6.07) is 0. The Kier molecular flexibility index (Phi) is 8.88. The largest absolute Gasteiger partial charge is 0.377 e. The van der Waals surface area contributed by atoms with Gasteiger partial charge in [0.25, 0.3) is 0 Å². The van der Waals surface area contributed by atoms with E-state index in [4.69, 9.17) is 4.74 Å². The van der Waals surface area contributed by atoms with Gasteiger partial charge in [-0.2, -0.15) is 0 Å². The fourth-order valence-corrected chi connectivity index (χ4v) is 5.70. The highest BCUT2D eigenvalue weighted by molar-refractivity contribution is 5.81. The molecule has 0 spiro atoms. The zero-order valence-corrected chi connectivity index (χ0v) is 22.2. The molecule has 0 aromatic heterocycles. The molecule has 2 amide bonds. The number of carbonyl (C=O) groups is 2. The van der Waals surface area contributed by atoms with Crippen LogP contribution >= 0.6 is 0 Å². The van der Waals surface area contributed by atoms with Crippen molar-refractivity contribution in [1.29, 1.82) is 0 Å². The van der Waals surface area contributed by atoms with Gasteiger partial charge in [-0.05, 0) is 49.9 Å². The van der Waals surface area contributed by atoms with Gasteiger partial charge in [-0.3, -0.25) is 14.5 Å². The Morgan fingerprint density at radius 1 is 0.758 bits per heavy atom. The zero-order valence-electron chi connectivity index (χ0n) is 22.2. The predicted octanol–water partition coefficient (Wildman–Crippen LogP) is 4.04. The van der Waals surface area contributed by atoms with Gasteiger partial charge in [0.05, 0.1) is 12.7 Å². The molecular weight excluding hydrogens is 414 g/mol. The molecule has 3 aliphatic rings. The predicted molar refractivity (Wildman–Crippen MR) is 133 cm³/mol. The Balaban J connectivity index is 1.29. The van der Waals surface area contributed by atoms with Crippen molar-refractivity contribution in [3.63, 3.8) is 0 Å². The van der Waals surface area contributed by atoms with E-state index in [-0.39, 0.29) is 23.3 Å². The minimum absolute atomic E-state index is 0.245. The molecule has 0 aromatic carbocycles. The van der Waals surface area contributed by atoms with E-state index in [9.17, 15) is 9.59 Å². The number of hydrogen-bond acceptors (Lipinski definition) is 4. The number of piperazine rings is 1. The van der Waals surface area contributed by atoms with Gasteiger partial charge in [0.1, 0.15) is 0 Å². The highest BCUT2D eigenvalue weighted by atomic mass is 16.5. The molecular formula is C27H49N3O3. The molecule has 0 atom stereocenters. The second-order valence-corrected chi connectivity index (χ2v) is 12.7. The van der Waals surface area contributed by atoms with Crippen LogP contribution in [0.2, 0.25) is 0 Å². The van der Waals surface area contributed by atoms with Gasteiger partial charge in [-0.15, -0.1) is 0 Å². The molecule has 2 aliphatic heterocycles. The molecule has 6 heteroatoms. The van der Waals surface area contributed by atoms with Crippen LogP contribution < -0.4 is 0 Å². The molecule has 2 saturated heterocycles. The third kappa shape index (κ3) is 7.42. The van der Waals surface area contributed by atoms with Gasteiger partial charge in [0, 0.05) is 57.1 Å². The molecule has 0 bridgehead atoms. The number of ether oxygens (including phenoxy) is 1. The summed E-state index contributed by atoms with van der Waals surface area (Å²) in [7, 11) is 0. The topological polar surface area (TPSA) is 53.1 Å². The van der Waals surface area contributed by atoms with Gasteiger partial charge < -0.3 is 14.5 Å². The number of likely N-dealkylation sites (tertiary alicyclic amines) is 1. The summed E-state index contributed by atoms with van der Waals surface area (Å²) in [5.74, 6) is 1.64. The summed E-state index contributed by atoms with van der Waals surface area (Å²) in [5, 5.41) is 0. The van der Waals surface area contributed by atoms with Crippen molar-refractivity contribution in [2.45, 2.75) is 86.2 Å². The van der Waals surface area contributed by atoms with Crippen LogP contribution in [0.15, 0.2) is 0 Å². The summed E-state index contributed by atoms with van der Waals surface area (Å²) >= 11 is 0. The smallest absolute Gasteiger partial charge is 0.227 e. The fourth-order valence-electron chi connectivity index (χ4n) is 5.70. The molecule has 190 valence electrons. The van der Waals surface area contributed by atoms with E-state index in [1.54, 1.807) is 0 Å². The van der Waals surface area contributed by atoms with E-state index in [1.807, 2.05) is 25.7 Å². The molecule has 2 heterocycles. The van der Waals surface area contributed by atoms with E-state index in [0.717, 1.165) is 84.0 Å². The molecule has 1 aliphatic carbocycles. The molecule has 1 saturated carbocycles. The van der Waals surface area contributed by atoms with Crippen molar-refractivity contribution >= 4 is 11.8 Å². The number of piperidine rings is 1. The Morgan fingerprint density at radius 2 is 1.33 bits per heavy atom. The van der Waals surface area contributed by atoms with Crippen LogP contribution in [-0.4, -0.2) is 85.0 Å². The molecule has 33 heavy (non-hydrogen) atoms. The van der Waals surface area contributed by atoms with Gasteiger partial charge in [0.15, 0.2) is 0 Å². The van der Waals surface area contributed by atoms with E-state index >= 15 is 0 Å². The lowest BCUT2D eigenvalue weighted by molar-refractivity contribution is -0.142. The van der Waals surface area contributed by atoms with E-state index in [0.29, 0.717) is 11.3 Å². The van der Waals surface area contributed by atoms with Crippen LogP contribution in [0.5, 0.6) is 0 Å². The summed E-state index contributed by atoms with van der Waals surface area (Å²) < 4.78 is 6.15. The summed E-state index contributed by atoms with van der Waals surface area (Å²) in [6.07, 6.45) is 6.65. The molecule has 0 aromatic rings. The normalized spacial score (nSPS) is 26.5. The highest BCUT2D eigenvalue weighted by Crippen LogP contribution is 2.40. The Labute approximate surface area is 202 Å². The SMILES string of the molecule is CC(C)(C)C(=O)N1CCC(OCCN2CCN(C(=O)C3CCC(C(C)(C)C)CC3)CC2)CC1. The first-order chi connectivity index (χ1) is 15.4. The summed E-state index contributed by atoms with van der Waals surface area (Å²) in [6.45, 7) is 19.8. The Bertz CT molecular complexity index is 643. The molecule has 3 fully saturated rings. The zero-order chi connectivity index (χ0) is 24.2. The number of nitrogens with zero attached hydrogens (tertiary/aromatic N) is 3. The van der Waals surface area contributed by atoms with Crippen molar-refractivity contribution in [1.82, 2.24) is 14.7 Å². The van der Waals surface area contributed by atoms with Gasteiger partial charge >= 0.3 is 0 Å². The third-order valence-electron chi connectivity index (χ3n) is 8.12. The first-order valence-electron chi connectivity index (χ1n) is 13.4. The van der Waals surface area contributed by atoms with Crippen LogP contribution in [0, 0.1) is 22.7 Å². The van der Waals surface area contributed by atoms with E-state index in [1.165, 1.54) is 12.8 Å². The quantitative estimate of drug-likeness (QED) is 0.618. The molecule has 0 radical (unpaired) electrons. The number of amides is 2. The lowest BCUT2D eigenvalue weighted by atomic mass is 9.69. The van der Waals surface area contributed by atoms with Gasteiger partial charge in [-0.1, -0.05) is 41.5 Å². The number of hydrogen-bond donors (Lipinski definition) is 0. The van der Waals surface area contributed by atoms with Gasteiger partial charge in [-0.25, -0.2) is 0 Å². The minimum Gasteiger partial charge on any atom is -0.377 e. The average molecular weight is 464 g/mol. The van der Waals surface area contributed by atoms with Crippen LogP contribution in [-0.2, 0) is 14.3 Å². The lowest BCUT2D eigenvalue weighted by Crippen LogP contribution is -2.51. The second-order valence-electron chi connectivity index (χ2n) is 12.7. The summed E-state index contributed by atoms with van der Waals surface area (Å²) in [5.41, 5.74) is 0.0611. The van der Waals surface area contributed by atoms with Crippen LogP contribution in [0.4, 0.5) is 0 Å². The maximum atomic E-state index is 13.0. The molecule has 6 nitrogen and oxygen atoms in total. The molecule has 0 unspecified atom stereocenters. The standard InChI is InChI=1S/C27H49N3O3/c1-26(2,3)22-9-7-21(8-10-22)24(31)29-17-15-28(16-18-29)19-20-33-23-11-13-30(14-12-23)25(32)27(4,5)6/h21-23H,7-20H2,1-6H3. The molecule has 0 N–H and O–H groups in total. The van der Waals surface area contributed by atoms with Crippen molar-refractivity contribution in [2.24, 2.45) is 22.7 Å². The maximum Gasteiger partial charge on any atom is 0.227 e. The maximum absolute atomic E-state index is 13.0. The highest BCUT2D eigenvalue weighted by Gasteiger charge is 2.35. The second kappa shape index (κ2) is 11.1. The van der Waals surface area contributed by atoms with Crippen molar-refractivity contribution in [3.8, 4) is 0 Å². The van der Waals surface area contributed by atoms with Crippen LogP contribution in [0.25, 0.3) is 0 Å². The molecule has 3 rings (SSSR count). The van der Waals surface area contributed by atoms with Crippen molar-refractivity contribution < 1.29 is 14.3 Å². The summed E-state index contributed by atoms with van der Waals surface area (Å²) in [4.78, 5) is 32.0. The minimum atomic E-state index is -0.303. The Morgan fingerprint density at radius 3 is 1.85 bits per heavy atom. The first-order valence-corrected chi connectivity index (χ1v) is 13.4. The monoisotopic (exact) mass is 463 g/mol. The number of carbonyl (C=O) groups excluding carboxylic acids is 2. The van der Waals surface area contributed by atoms with Crippen LogP contribution in [0.3, 0.4) is 0 Å². The van der Waals surface area contributed by atoms with Crippen molar-refractivity contribution in [3.05, 3.63) is 0 Å². The van der Waals surface area contributed by atoms with Crippen LogP contribution in [0.1, 0.15) is 80.1 Å². The van der Waals surface area contributed by atoms with Crippen molar-refractivity contribution in [2.75, 3.05) is 52.4 Å². The Hall–Kier alpha value is -1.14. The lowest BCUT2D eigenvalue weighted by Gasteiger charge is -2.40. The van der Waals surface area contributed by atoms with E-state index in [2.05, 4.69) is 30.6 Å².